The van der Waals surface area contributed by atoms with Crippen LogP contribution in [0.2, 0.25) is 5.02 Å². The lowest BCUT2D eigenvalue weighted by atomic mass is 10.1. The fourth-order valence-corrected chi connectivity index (χ4v) is 3.72. The van der Waals surface area contributed by atoms with Crippen LogP contribution in [0.4, 0.5) is 24.5 Å². The molecule has 0 aliphatic rings. The number of nitrogens with one attached hydrogen (secondary N) is 3. The number of carbonyl (C=O) groups is 1. The maximum atomic E-state index is 13.1. The standard InChI is InChI=1S/C30H23ClF3N3O2/c31-25-11-4-5-12-26(25)37-27(18-28(35)30(32,33)34)21-13-15-22(16-14-21)29(38)36-23-9-6-10-24(17-23)39-19-20-7-2-1-3-8-20/h1-18,35,37H,19H2,(H,36,38)/b27-18-,35-28?. The number of hydrogen-bond acceptors (Lipinski definition) is 4. The fourth-order valence-electron chi connectivity index (χ4n) is 3.53. The van der Waals surface area contributed by atoms with Gasteiger partial charge in [0.2, 0.25) is 0 Å². The minimum absolute atomic E-state index is 0.000601. The summed E-state index contributed by atoms with van der Waals surface area (Å²) in [6.07, 6.45) is -4.15. The van der Waals surface area contributed by atoms with Crippen LogP contribution in [-0.2, 0) is 6.61 Å². The van der Waals surface area contributed by atoms with Gasteiger partial charge in [-0.15, -0.1) is 0 Å². The molecular weight excluding hydrogens is 527 g/mol. The number of halogens is 4. The van der Waals surface area contributed by atoms with Gasteiger partial charge in [0, 0.05) is 23.0 Å². The number of benzene rings is 4. The molecule has 0 fully saturated rings. The molecule has 0 saturated carbocycles. The molecule has 198 valence electrons. The van der Waals surface area contributed by atoms with Crippen LogP contribution in [-0.4, -0.2) is 17.8 Å². The summed E-state index contributed by atoms with van der Waals surface area (Å²) in [5.74, 6) is 0.175. The Hall–Kier alpha value is -4.56. The van der Waals surface area contributed by atoms with E-state index in [9.17, 15) is 18.0 Å². The van der Waals surface area contributed by atoms with Crippen LogP contribution in [0, 0.1) is 5.41 Å². The lowest BCUT2D eigenvalue weighted by molar-refractivity contribution is -0.0583. The maximum absolute atomic E-state index is 13.1. The molecule has 1 amide bonds. The summed E-state index contributed by atoms with van der Waals surface area (Å²) in [7, 11) is 0. The molecule has 0 unspecified atom stereocenters. The Bertz CT molecular complexity index is 1490. The second-order valence-corrected chi connectivity index (χ2v) is 8.82. The third-order valence-corrected chi connectivity index (χ3v) is 5.87. The molecule has 4 aromatic rings. The largest absolute Gasteiger partial charge is 0.489 e. The molecule has 0 spiro atoms. The molecule has 4 rings (SSSR count). The van der Waals surface area contributed by atoms with E-state index < -0.39 is 17.8 Å². The number of rotatable bonds is 9. The van der Waals surface area contributed by atoms with Gasteiger partial charge in [-0.1, -0.05) is 72.3 Å². The first-order valence-electron chi connectivity index (χ1n) is 11.8. The molecule has 0 atom stereocenters. The van der Waals surface area contributed by atoms with Crippen LogP contribution < -0.4 is 15.4 Å². The molecule has 0 radical (unpaired) electrons. The van der Waals surface area contributed by atoms with E-state index in [1.807, 2.05) is 30.3 Å². The number of carbonyl (C=O) groups excluding carboxylic acids is 1. The van der Waals surface area contributed by atoms with Crippen molar-refractivity contribution in [3.8, 4) is 5.75 Å². The Morgan fingerprint density at radius 2 is 1.51 bits per heavy atom. The van der Waals surface area contributed by atoms with Crippen molar-refractivity contribution in [1.82, 2.24) is 0 Å². The molecule has 0 heterocycles. The van der Waals surface area contributed by atoms with Crippen LogP contribution >= 0.6 is 11.6 Å². The van der Waals surface area contributed by atoms with Gasteiger partial charge in [0.05, 0.1) is 10.7 Å². The number of anilines is 2. The van der Waals surface area contributed by atoms with Crippen LogP contribution in [0.5, 0.6) is 5.75 Å². The highest BCUT2D eigenvalue weighted by Crippen LogP contribution is 2.28. The first-order chi connectivity index (χ1) is 18.7. The van der Waals surface area contributed by atoms with E-state index in [0.717, 1.165) is 5.56 Å². The van der Waals surface area contributed by atoms with E-state index in [1.165, 1.54) is 24.3 Å². The molecule has 0 aliphatic carbocycles. The topological polar surface area (TPSA) is 74.2 Å². The Morgan fingerprint density at radius 3 is 2.21 bits per heavy atom. The molecular formula is C30H23ClF3N3O2. The van der Waals surface area contributed by atoms with E-state index >= 15 is 0 Å². The zero-order chi connectivity index (χ0) is 27.8. The Morgan fingerprint density at radius 1 is 0.846 bits per heavy atom. The lowest BCUT2D eigenvalue weighted by Crippen LogP contribution is -2.20. The van der Waals surface area contributed by atoms with Crippen LogP contribution in [0.15, 0.2) is 109 Å². The van der Waals surface area contributed by atoms with Crippen molar-refractivity contribution in [1.29, 1.82) is 5.41 Å². The molecule has 0 aromatic heterocycles. The van der Waals surface area contributed by atoms with Crippen molar-refractivity contribution in [2.24, 2.45) is 0 Å². The second kappa shape index (κ2) is 12.3. The van der Waals surface area contributed by atoms with Gasteiger partial charge in [-0.05, 0) is 53.6 Å². The number of ether oxygens (including phenoxy) is 1. The number of hydrogen-bond donors (Lipinski definition) is 3. The molecule has 0 aliphatic heterocycles. The normalized spacial score (nSPS) is 11.5. The predicted octanol–water partition coefficient (Wildman–Crippen LogP) is 8.21. The summed E-state index contributed by atoms with van der Waals surface area (Å²) in [5, 5.41) is 13.4. The summed E-state index contributed by atoms with van der Waals surface area (Å²) in [6.45, 7) is 0.379. The van der Waals surface area contributed by atoms with E-state index in [-0.39, 0.29) is 11.3 Å². The summed E-state index contributed by atoms with van der Waals surface area (Å²) in [5.41, 5.74) is 0.990. The minimum Gasteiger partial charge on any atom is -0.489 e. The van der Waals surface area contributed by atoms with Crippen LogP contribution in [0.25, 0.3) is 5.70 Å². The average Bonchev–Trinajstić information content (AvgIpc) is 2.93. The Labute approximate surface area is 228 Å². The summed E-state index contributed by atoms with van der Waals surface area (Å²) < 4.78 is 45.1. The molecule has 3 N–H and O–H groups in total. The predicted molar refractivity (Wildman–Crippen MR) is 148 cm³/mol. The SMILES string of the molecule is N=C(/C=C(\Nc1ccccc1Cl)c1ccc(C(=O)Nc2cccc(OCc3ccccc3)c2)cc1)C(F)(F)F. The third kappa shape index (κ3) is 7.72. The van der Waals surface area contributed by atoms with Gasteiger partial charge >= 0.3 is 6.18 Å². The lowest BCUT2D eigenvalue weighted by Gasteiger charge is -2.15. The molecule has 0 saturated heterocycles. The third-order valence-electron chi connectivity index (χ3n) is 5.54. The van der Waals surface area contributed by atoms with Crippen molar-refractivity contribution in [2.75, 3.05) is 10.6 Å². The van der Waals surface area contributed by atoms with Crippen molar-refractivity contribution in [3.63, 3.8) is 0 Å². The number of alkyl halides is 3. The molecule has 5 nitrogen and oxygen atoms in total. The van der Waals surface area contributed by atoms with Gasteiger partial charge in [-0.2, -0.15) is 13.2 Å². The first kappa shape index (κ1) is 27.5. The average molecular weight is 550 g/mol. The van der Waals surface area contributed by atoms with Crippen molar-refractivity contribution < 1.29 is 22.7 Å². The highest BCUT2D eigenvalue weighted by Gasteiger charge is 2.33. The van der Waals surface area contributed by atoms with Crippen molar-refractivity contribution in [2.45, 2.75) is 12.8 Å². The maximum Gasteiger partial charge on any atom is 0.432 e. The molecule has 4 aromatic carbocycles. The smallest absolute Gasteiger partial charge is 0.432 e. The van der Waals surface area contributed by atoms with Crippen LogP contribution in [0.1, 0.15) is 21.5 Å². The number of allylic oxidation sites excluding steroid dienone is 1. The number of amides is 1. The van der Waals surface area contributed by atoms with E-state index in [4.69, 9.17) is 21.7 Å². The van der Waals surface area contributed by atoms with Crippen LogP contribution in [0.3, 0.4) is 0 Å². The highest BCUT2D eigenvalue weighted by atomic mass is 35.5. The van der Waals surface area contributed by atoms with Gasteiger partial charge < -0.3 is 15.4 Å². The molecule has 0 bridgehead atoms. The van der Waals surface area contributed by atoms with Crippen molar-refractivity contribution >= 4 is 40.3 Å². The summed E-state index contributed by atoms with van der Waals surface area (Å²) in [4.78, 5) is 12.8. The Balaban J connectivity index is 1.48. The fraction of sp³-hybridized carbons (Fsp3) is 0.0667. The highest BCUT2D eigenvalue weighted by molar-refractivity contribution is 6.33. The van der Waals surface area contributed by atoms with Gasteiger partial charge in [0.15, 0.2) is 0 Å². The van der Waals surface area contributed by atoms with Gasteiger partial charge in [0.25, 0.3) is 5.91 Å². The van der Waals surface area contributed by atoms with E-state index in [0.29, 0.717) is 40.4 Å². The van der Waals surface area contributed by atoms with Gasteiger partial charge in [-0.25, -0.2) is 0 Å². The number of para-hydroxylation sites is 1. The van der Waals surface area contributed by atoms with E-state index in [1.54, 1.807) is 48.5 Å². The van der Waals surface area contributed by atoms with Gasteiger partial charge in [0.1, 0.15) is 18.1 Å². The Kier molecular flexibility index (Phi) is 8.68. The summed E-state index contributed by atoms with van der Waals surface area (Å²) in [6, 6.07) is 29.1. The zero-order valence-corrected chi connectivity index (χ0v) is 21.2. The molecule has 9 heteroatoms. The first-order valence-corrected chi connectivity index (χ1v) is 12.1. The molecule has 39 heavy (non-hydrogen) atoms. The quantitative estimate of drug-likeness (QED) is 0.184. The van der Waals surface area contributed by atoms with Gasteiger partial charge in [-0.3, -0.25) is 10.2 Å². The minimum atomic E-state index is -4.83. The second-order valence-electron chi connectivity index (χ2n) is 8.41. The monoisotopic (exact) mass is 549 g/mol. The summed E-state index contributed by atoms with van der Waals surface area (Å²) >= 11 is 6.16. The van der Waals surface area contributed by atoms with Crippen molar-refractivity contribution in [3.05, 3.63) is 131 Å². The zero-order valence-electron chi connectivity index (χ0n) is 20.4. The van der Waals surface area contributed by atoms with E-state index in [2.05, 4.69) is 10.6 Å².